The average Bonchev–Trinajstić information content (AvgIpc) is 2.26. The highest BCUT2D eigenvalue weighted by Gasteiger charge is 2.06. The molecule has 0 saturated carbocycles. The third-order valence-electron chi connectivity index (χ3n) is 2.74. The van der Waals surface area contributed by atoms with Gasteiger partial charge in [0.25, 0.3) is 0 Å². The van der Waals surface area contributed by atoms with Crippen LogP contribution in [-0.2, 0) is 0 Å². The molecular weight excluding hydrogens is 186 g/mol. The van der Waals surface area contributed by atoms with E-state index in [9.17, 15) is 0 Å². The minimum Gasteiger partial charge on any atom is -0.497 e. The van der Waals surface area contributed by atoms with Crippen molar-refractivity contribution in [1.82, 2.24) is 0 Å². The van der Waals surface area contributed by atoms with Crippen molar-refractivity contribution in [3.05, 3.63) is 29.8 Å². The van der Waals surface area contributed by atoms with Gasteiger partial charge in [0.2, 0.25) is 0 Å². The molecule has 0 aliphatic rings. The van der Waals surface area contributed by atoms with Crippen molar-refractivity contribution in [2.75, 3.05) is 7.11 Å². The molecule has 2 unspecified atom stereocenters. The molecule has 2 heteroatoms. The van der Waals surface area contributed by atoms with Crippen LogP contribution in [0, 0.1) is 0 Å². The molecule has 0 heterocycles. The highest BCUT2D eigenvalue weighted by Crippen LogP contribution is 2.23. The van der Waals surface area contributed by atoms with Crippen molar-refractivity contribution in [3.8, 4) is 5.75 Å². The molecule has 0 fully saturated rings. The van der Waals surface area contributed by atoms with Gasteiger partial charge in [-0.25, -0.2) is 0 Å². The van der Waals surface area contributed by atoms with Gasteiger partial charge in [0.1, 0.15) is 5.75 Å². The van der Waals surface area contributed by atoms with Crippen LogP contribution in [0.2, 0.25) is 0 Å². The molecule has 0 aliphatic carbocycles. The summed E-state index contributed by atoms with van der Waals surface area (Å²) in [4.78, 5) is 0. The SMILES string of the molecule is COc1ccc(C(C)CCC(C)N)cc1. The third kappa shape index (κ3) is 3.92. The lowest BCUT2D eigenvalue weighted by Gasteiger charge is -2.13. The van der Waals surface area contributed by atoms with Crippen LogP contribution in [0.25, 0.3) is 0 Å². The fraction of sp³-hybridized carbons (Fsp3) is 0.538. The quantitative estimate of drug-likeness (QED) is 0.805. The first-order chi connectivity index (χ1) is 7.13. The van der Waals surface area contributed by atoms with Crippen molar-refractivity contribution < 1.29 is 4.74 Å². The molecule has 0 aliphatic heterocycles. The standard InChI is InChI=1S/C13H21NO/c1-10(4-5-11(2)14)12-6-8-13(15-3)9-7-12/h6-11H,4-5,14H2,1-3H3. The predicted molar refractivity (Wildman–Crippen MR) is 64.3 cm³/mol. The Kier molecular flexibility index (Phi) is 4.63. The van der Waals surface area contributed by atoms with Crippen molar-refractivity contribution in [1.29, 1.82) is 0 Å². The Morgan fingerprint density at radius 1 is 1.13 bits per heavy atom. The molecule has 0 saturated heterocycles. The second-order valence-corrected chi connectivity index (χ2v) is 4.23. The van der Waals surface area contributed by atoms with Crippen molar-refractivity contribution >= 4 is 0 Å². The minimum absolute atomic E-state index is 0.297. The second kappa shape index (κ2) is 5.76. The number of methoxy groups -OCH3 is 1. The highest BCUT2D eigenvalue weighted by molar-refractivity contribution is 5.29. The van der Waals surface area contributed by atoms with E-state index < -0.39 is 0 Å². The Morgan fingerprint density at radius 2 is 1.73 bits per heavy atom. The zero-order chi connectivity index (χ0) is 11.3. The largest absolute Gasteiger partial charge is 0.497 e. The number of rotatable bonds is 5. The molecule has 2 nitrogen and oxygen atoms in total. The molecule has 0 aromatic heterocycles. The molecule has 0 radical (unpaired) electrons. The summed E-state index contributed by atoms with van der Waals surface area (Å²) in [6.45, 7) is 4.30. The number of ether oxygens (including phenoxy) is 1. The number of hydrogen-bond acceptors (Lipinski definition) is 2. The van der Waals surface area contributed by atoms with Crippen LogP contribution in [0.4, 0.5) is 0 Å². The van der Waals surface area contributed by atoms with E-state index in [0.717, 1.165) is 18.6 Å². The van der Waals surface area contributed by atoms with Crippen molar-refractivity contribution in [2.24, 2.45) is 5.73 Å². The predicted octanol–water partition coefficient (Wildman–Crippen LogP) is 2.93. The molecule has 1 aromatic carbocycles. The molecule has 2 N–H and O–H groups in total. The van der Waals surface area contributed by atoms with Gasteiger partial charge in [0.15, 0.2) is 0 Å². The zero-order valence-electron chi connectivity index (χ0n) is 9.86. The van der Waals surface area contributed by atoms with Gasteiger partial charge in [-0.15, -0.1) is 0 Å². The fourth-order valence-corrected chi connectivity index (χ4v) is 1.61. The lowest BCUT2D eigenvalue weighted by Crippen LogP contribution is -2.15. The van der Waals surface area contributed by atoms with E-state index >= 15 is 0 Å². The molecule has 0 spiro atoms. The molecule has 84 valence electrons. The van der Waals surface area contributed by atoms with E-state index in [1.807, 2.05) is 12.1 Å². The molecule has 0 amide bonds. The smallest absolute Gasteiger partial charge is 0.118 e. The van der Waals surface area contributed by atoms with Crippen LogP contribution in [0.5, 0.6) is 5.75 Å². The summed E-state index contributed by atoms with van der Waals surface area (Å²) < 4.78 is 5.13. The maximum Gasteiger partial charge on any atom is 0.118 e. The monoisotopic (exact) mass is 207 g/mol. The van der Waals surface area contributed by atoms with E-state index in [2.05, 4.69) is 26.0 Å². The van der Waals surface area contributed by atoms with E-state index in [1.54, 1.807) is 7.11 Å². The number of nitrogens with two attached hydrogens (primary N) is 1. The molecule has 15 heavy (non-hydrogen) atoms. The third-order valence-corrected chi connectivity index (χ3v) is 2.74. The maximum absolute atomic E-state index is 5.74. The summed E-state index contributed by atoms with van der Waals surface area (Å²) >= 11 is 0. The van der Waals surface area contributed by atoms with E-state index in [4.69, 9.17) is 10.5 Å². The Balaban J connectivity index is 2.54. The van der Waals surface area contributed by atoms with Crippen LogP contribution in [0.3, 0.4) is 0 Å². The van der Waals surface area contributed by atoms with Gasteiger partial charge in [0.05, 0.1) is 7.11 Å². The van der Waals surface area contributed by atoms with E-state index in [1.165, 1.54) is 5.56 Å². The average molecular weight is 207 g/mol. The van der Waals surface area contributed by atoms with Gasteiger partial charge in [-0.3, -0.25) is 0 Å². The van der Waals surface area contributed by atoms with Crippen LogP contribution in [0.15, 0.2) is 24.3 Å². The summed E-state index contributed by atoms with van der Waals surface area (Å²) in [7, 11) is 1.69. The minimum atomic E-state index is 0.297. The van der Waals surface area contributed by atoms with Gasteiger partial charge < -0.3 is 10.5 Å². The Labute approximate surface area is 92.4 Å². The molecule has 0 bridgehead atoms. The molecule has 2 atom stereocenters. The van der Waals surface area contributed by atoms with E-state index in [-0.39, 0.29) is 0 Å². The molecule has 1 rings (SSSR count). The van der Waals surface area contributed by atoms with Gasteiger partial charge >= 0.3 is 0 Å². The van der Waals surface area contributed by atoms with Crippen LogP contribution in [0.1, 0.15) is 38.2 Å². The van der Waals surface area contributed by atoms with Gasteiger partial charge in [-0.1, -0.05) is 19.1 Å². The number of hydrogen-bond donors (Lipinski definition) is 1. The lowest BCUT2D eigenvalue weighted by molar-refractivity contribution is 0.414. The first-order valence-corrected chi connectivity index (χ1v) is 5.53. The molecule has 1 aromatic rings. The lowest BCUT2D eigenvalue weighted by atomic mass is 9.95. The van der Waals surface area contributed by atoms with Gasteiger partial charge in [0, 0.05) is 6.04 Å². The van der Waals surface area contributed by atoms with Gasteiger partial charge in [-0.05, 0) is 43.4 Å². The topological polar surface area (TPSA) is 35.2 Å². The van der Waals surface area contributed by atoms with Crippen LogP contribution < -0.4 is 10.5 Å². The summed E-state index contributed by atoms with van der Waals surface area (Å²) in [5, 5.41) is 0. The van der Waals surface area contributed by atoms with Crippen molar-refractivity contribution in [2.45, 2.75) is 38.6 Å². The Hall–Kier alpha value is -1.02. The first-order valence-electron chi connectivity index (χ1n) is 5.53. The fourth-order valence-electron chi connectivity index (χ4n) is 1.61. The van der Waals surface area contributed by atoms with Gasteiger partial charge in [-0.2, -0.15) is 0 Å². The summed E-state index contributed by atoms with van der Waals surface area (Å²) in [5.41, 5.74) is 7.10. The number of benzene rings is 1. The second-order valence-electron chi connectivity index (χ2n) is 4.23. The summed E-state index contributed by atoms with van der Waals surface area (Å²) in [6, 6.07) is 8.58. The van der Waals surface area contributed by atoms with E-state index in [0.29, 0.717) is 12.0 Å². The summed E-state index contributed by atoms with van der Waals surface area (Å²) in [5.74, 6) is 1.49. The summed E-state index contributed by atoms with van der Waals surface area (Å²) in [6.07, 6.45) is 2.22. The van der Waals surface area contributed by atoms with Crippen LogP contribution in [-0.4, -0.2) is 13.2 Å². The van der Waals surface area contributed by atoms with Crippen molar-refractivity contribution in [3.63, 3.8) is 0 Å². The first kappa shape index (κ1) is 12.1. The normalized spacial score (nSPS) is 14.7. The van der Waals surface area contributed by atoms with Crippen LogP contribution >= 0.6 is 0 Å². The molecular formula is C13H21NO. The zero-order valence-corrected chi connectivity index (χ0v) is 9.86. The Bertz CT molecular complexity index is 279. The maximum atomic E-state index is 5.74. The Morgan fingerprint density at radius 3 is 2.20 bits per heavy atom. The highest BCUT2D eigenvalue weighted by atomic mass is 16.5.